The number of rotatable bonds is 8. The second kappa shape index (κ2) is 10.5. The van der Waals surface area contributed by atoms with Gasteiger partial charge in [-0.2, -0.15) is 0 Å². The first-order valence-electron chi connectivity index (χ1n) is 10.4. The number of anilines is 2. The summed E-state index contributed by atoms with van der Waals surface area (Å²) in [6, 6.07) is 4.50. The Kier molecular flexibility index (Phi) is 7.78. The summed E-state index contributed by atoms with van der Waals surface area (Å²) >= 11 is 0. The Morgan fingerprint density at radius 2 is 2.00 bits per heavy atom. The van der Waals surface area contributed by atoms with Crippen LogP contribution in [0, 0.1) is 5.82 Å². The van der Waals surface area contributed by atoms with E-state index in [1.54, 1.807) is 17.0 Å². The monoisotopic (exact) mass is 439 g/mol. The van der Waals surface area contributed by atoms with Crippen LogP contribution in [0.4, 0.5) is 25.0 Å². The molecule has 0 spiro atoms. The second-order valence-corrected chi connectivity index (χ2v) is 7.60. The standard InChI is InChI=1S/C21H27F2N3O5/c1-15(27)4-6-17-14-25(21(29)31-17)16-5-7-19(18(23)13-16)24-9-10-26(30-12-11-24)20(28)3-2-8-22/h5,7,13,17H,2-4,6,8-12,14H2,1H3/t17-/m0/s1. The Morgan fingerprint density at radius 3 is 2.71 bits per heavy atom. The lowest BCUT2D eigenvalue weighted by atomic mass is 10.1. The number of hydrogen-bond donors (Lipinski definition) is 0. The predicted molar refractivity (Wildman–Crippen MR) is 109 cm³/mol. The number of alkyl halides is 1. The molecule has 0 radical (unpaired) electrons. The zero-order chi connectivity index (χ0) is 22.4. The lowest BCUT2D eigenvalue weighted by Gasteiger charge is -2.24. The maximum absolute atomic E-state index is 14.9. The van der Waals surface area contributed by atoms with E-state index in [4.69, 9.17) is 9.57 Å². The highest BCUT2D eigenvalue weighted by molar-refractivity contribution is 5.90. The number of halogens is 2. The van der Waals surface area contributed by atoms with Crippen LogP contribution in [0.15, 0.2) is 18.2 Å². The maximum Gasteiger partial charge on any atom is 0.414 e. The summed E-state index contributed by atoms with van der Waals surface area (Å²) in [4.78, 5) is 43.9. The first-order chi connectivity index (χ1) is 14.9. The topological polar surface area (TPSA) is 79.4 Å². The molecule has 0 aliphatic carbocycles. The number of ketones is 1. The van der Waals surface area contributed by atoms with Gasteiger partial charge in [-0.15, -0.1) is 0 Å². The third kappa shape index (κ3) is 5.90. The quantitative estimate of drug-likeness (QED) is 0.620. The Labute approximate surface area is 179 Å². The fraction of sp³-hybridized carbons (Fsp3) is 0.571. The van der Waals surface area contributed by atoms with Crippen LogP contribution in [0.3, 0.4) is 0 Å². The molecule has 3 rings (SSSR count). The van der Waals surface area contributed by atoms with Crippen molar-refractivity contribution in [1.82, 2.24) is 5.06 Å². The first-order valence-corrected chi connectivity index (χ1v) is 10.4. The van der Waals surface area contributed by atoms with E-state index in [0.717, 1.165) is 0 Å². The summed E-state index contributed by atoms with van der Waals surface area (Å²) < 4.78 is 32.4. The van der Waals surface area contributed by atoms with Gasteiger partial charge < -0.3 is 14.4 Å². The molecule has 0 bridgehead atoms. The third-order valence-corrected chi connectivity index (χ3v) is 5.26. The van der Waals surface area contributed by atoms with Gasteiger partial charge in [0.05, 0.1) is 37.7 Å². The van der Waals surface area contributed by atoms with Crippen molar-refractivity contribution in [2.75, 3.05) is 49.3 Å². The van der Waals surface area contributed by atoms with E-state index in [1.807, 2.05) is 0 Å². The van der Waals surface area contributed by atoms with E-state index in [2.05, 4.69) is 0 Å². The number of hydrogen-bond acceptors (Lipinski definition) is 6. The lowest BCUT2D eigenvalue weighted by Crippen LogP contribution is -2.34. The van der Waals surface area contributed by atoms with E-state index in [-0.39, 0.29) is 44.2 Å². The highest BCUT2D eigenvalue weighted by atomic mass is 19.1. The molecule has 2 fully saturated rings. The van der Waals surface area contributed by atoms with Crippen molar-refractivity contribution in [1.29, 1.82) is 0 Å². The number of Topliss-reactive ketones (excluding diaryl/α,β-unsaturated/α-hetero) is 1. The van der Waals surface area contributed by atoms with Gasteiger partial charge in [0.1, 0.15) is 17.7 Å². The molecule has 2 saturated heterocycles. The minimum absolute atomic E-state index is 0.0222. The Hall–Kier alpha value is -2.75. The number of nitrogens with zero attached hydrogens (tertiary/aromatic N) is 3. The zero-order valence-corrected chi connectivity index (χ0v) is 17.5. The van der Waals surface area contributed by atoms with E-state index in [1.165, 1.54) is 23.0 Å². The third-order valence-electron chi connectivity index (χ3n) is 5.26. The molecule has 2 aliphatic rings. The summed E-state index contributed by atoms with van der Waals surface area (Å²) in [6.07, 6.45) is 0.0103. The molecule has 8 nitrogen and oxygen atoms in total. The Balaban J connectivity index is 1.62. The van der Waals surface area contributed by atoms with Crippen molar-refractivity contribution in [2.45, 2.75) is 38.7 Å². The van der Waals surface area contributed by atoms with Crippen LogP contribution in [0.25, 0.3) is 0 Å². The molecule has 1 atom stereocenters. The molecule has 0 aromatic heterocycles. The van der Waals surface area contributed by atoms with Crippen molar-refractivity contribution in [3.05, 3.63) is 24.0 Å². The van der Waals surface area contributed by atoms with Crippen LogP contribution < -0.4 is 9.80 Å². The number of hydroxylamine groups is 2. The second-order valence-electron chi connectivity index (χ2n) is 7.60. The summed E-state index contributed by atoms with van der Waals surface area (Å²) in [5.41, 5.74) is 0.719. The van der Waals surface area contributed by atoms with Gasteiger partial charge in [-0.1, -0.05) is 0 Å². The van der Waals surface area contributed by atoms with E-state index < -0.39 is 24.7 Å². The molecule has 2 aliphatic heterocycles. The smallest absolute Gasteiger partial charge is 0.414 e. The van der Waals surface area contributed by atoms with Crippen LogP contribution >= 0.6 is 0 Å². The summed E-state index contributed by atoms with van der Waals surface area (Å²) in [7, 11) is 0. The Morgan fingerprint density at radius 1 is 1.19 bits per heavy atom. The van der Waals surface area contributed by atoms with Crippen molar-refractivity contribution in [2.24, 2.45) is 0 Å². The van der Waals surface area contributed by atoms with Crippen LogP contribution in [-0.2, 0) is 19.2 Å². The molecule has 0 N–H and O–H groups in total. The number of amides is 2. The average Bonchev–Trinajstić information content (AvgIpc) is 2.95. The molecule has 1 aromatic carbocycles. The minimum atomic E-state index is -0.564. The summed E-state index contributed by atoms with van der Waals surface area (Å²) in [5.74, 6) is -0.772. The van der Waals surface area contributed by atoms with Gasteiger partial charge in [0, 0.05) is 25.9 Å². The summed E-state index contributed by atoms with van der Waals surface area (Å²) in [5, 5.41) is 1.21. The fourth-order valence-corrected chi connectivity index (χ4v) is 3.60. The number of cyclic esters (lactones) is 1. The van der Waals surface area contributed by atoms with E-state index in [9.17, 15) is 23.2 Å². The number of ether oxygens (including phenoxy) is 1. The molecular formula is C21H27F2N3O5. The maximum atomic E-state index is 14.9. The average molecular weight is 439 g/mol. The SMILES string of the molecule is CC(=O)CC[C@H]1CN(c2ccc(N3CCON(C(=O)CCCF)CC3)c(F)c2)C(=O)O1. The number of carbonyl (C=O) groups is 3. The Bertz CT molecular complexity index is 822. The molecular weight excluding hydrogens is 412 g/mol. The lowest BCUT2D eigenvalue weighted by molar-refractivity contribution is -0.182. The highest BCUT2D eigenvalue weighted by Gasteiger charge is 2.33. The largest absolute Gasteiger partial charge is 0.444 e. The van der Waals surface area contributed by atoms with Crippen molar-refractivity contribution < 1.29 is 32.7 Å². The van der Waals surface area contributed by atoms with Crippen molar-refractivity contribution >= 4 is 29.2 Å². The van der Waals surface area contributed by atoms with Gasteiger partial charge in [-0.05, 0) is 38.0 Å². The van der Waals surface area contributed by atoms with Crippen LogP contribution in [0.1, 0.15) is 32.6 Å². The molecule has 170 valence electrons. The molecule has 2 heterocycles. The van der Waals surface area contributed by atoms with Crippen LogP contribution in [-0.4, -0.2) is 68.4 Å². The van der Waals surface area contributed by atoms with E-state index in [0.29, 0.717) is 37.3 Å². The fourth-order valence-electron chi connectivity index (χ4n) is 3.60. The van der Waals surface area contributed by atoms with Crippen LogP contribution in [0.2, 0.25) is 0 Å². The van der Waals surface area contributed by atoms with Gasteiger partial charge in [-0.3, -0.25) is 18.9 Å². The highest BCUT2D eigenvalue weighted by Crippen LogP contribution is 2.29. The molecule has 0 saturated carbocycles. The first kappa shape index (κ1) is 22.9. The molecule has 0 unspecified atom stereocenters. The van der Waals surface area contributed by atoms with Crippen molar-refractivity contribution in [3.8, 4) is 0 Å². The molecule has 10 heteroatoms. The molecule has 31 heavy (non-hydrogen) atoms. The van der Waals surface area contributed by atoms with E-state index >= 15 is 0 Å². The van der Waals surface area contributed by atoms with Gasteiger partial charge in [0.25, 0.3) is 0 Å². The predicted octanol–water partition coefficient (Wildman–Crippen LogP) is 2.85. The van der Waals surface area contributed by atoms with Gasteiger partial charge in [0.15, 0.2) is 0 Å². The van der Waals surface area contributed by atoms with Crippen molar-refractivity contribution in [3.63, 3.8) is 0 Å². The van der Waals surface area contributed by atoms with Gasteiger partial charge in [0.2, 0.25) is 5.91 Å². The minimum Gasteiger partial charge on any atom is -0.444 e. The van der Waals surface area contributed by atoms with Gasteiger partial charge in [-0.25, -0.2) is 14.2 Å². The molecule has 2 amide bonds. The normalized spacial score (nSPS) is 19.4. The number of benzene rings is 1. The van der Waals surface area contributed by atoms with Gasteiger partial charge >= 0.3 is 6.09 Å². The number of carbonyl (C=O) groups excluding carboxylic acids is 3. The molecule has 1 aromatic rings. The van der Waals surface area contributed by atoms with Crippen LogP contribution in [0.5, 0.6) is 0 Å². The summed E-state index contributed by atoms with van der Waals surface area (Å²) in [6.45, 7) is 2.35. The zero-order valence-electron chi connectivity index (χ0n) is 17.5.